The number of benzene rings is 2. The first kappa shape index (κ1) is 15.3. The Morgan fingerprint density at radius 2 is 1.70 bits per heavy atom. The number of rotatable bonds is 5. The SMILES string of the molecule is CCC(C)c1ccc(CSC(=S)c2ccccc2)cc1. The largest absolute Gasteiger partial charge is 0.109 e. The summed E-state index contributed by atoms with van der Waals surface area (Å²) in [7, 11) is 0. The van der Waals surface area contributed by atoms with Crippen molar-refractivity contribution in [2.45, 2.75) is 31.9 Å². The highest BCUT2D eigenvalue weighted by Crippen LogP contribution is 2.22. The van der Waals surface area contributed by atoms with Gasteiger partial charge in [0.25, 0.3) is 0 Å². The van der Waals surface area contributed by atoms with E-state index in [2.05, 4.69) is 50.2 Å². The zero-order chi connectivity index (χ0) is 14.4. The minimum absolute atomic E-state index is 0.641. The molecule has 0 aromatic heterocycles. The first-order chi connectivity index (χ1) is 9.70. The van der Waals surface area contributed by atoms with Gasteiger partial charge < -0.3 is 0 Å². The van der Waals surface area contributed by atoms with E-state index in [1.807, 2.05) is 18.2 Å². The van der Waals surface area contributed by atoms with Crippen molar-refractivity contribution in [3.05, 3.63) is 71.3 Å². The molecule has 2 aromatic carbocycles. The first-order valence-electron chi connectivity index (χ1n) is 7.01. The van der Waals surface area contributed by atoms with Gasteiger partial charge in [0.05, 0.1) is 4.20 Å². The van der Waals surface area contributed by atoms with E-state index in [4.69, 9.17) is 12.2 Å². The van der Waals surface area contributed by atoms with Crippen LogP contribution in [0.1, 0.15) is 42.9 Å². The van der Waals surface area contributed by atoms with Crippen molar-refractivity contribution in [1.29, 1.82) is 0 Å². The van der Waals surface area contributed by atoms with Gasteiger partial charge in [0.15, 0.2) is 0 Å². The molecule has 0 bridgehead atoms. The Hall–Kier alpha value is -1.12. The van der Waals surface area contributed by atoms with Crippen molar-refractivity contribution in [3.63, 3.8) is 0 Å². The highest BCUT2D eigenvalue weighted by Gasteiger charge is 2.04. The number of thioether (sulfide) groups is 1. The molecule has 0 radical (unpaired) electrons. The van der Waals surface area contributed by atoms with Gasteiger partial charge in [-0.25, -0.2) is 0 Å². The van der Waals surface area contributed by atoms with Gasteiger partial charge in [0, 0.05) is 5.75 Å². The third-order valence-electron chi connectivity index (χ3n) is 3.54. The molecule has 0 spiro atoms. The molecule has 2 rings (SSSR count). The molecule has 0 nitrogen and oxygen atoms in total. The summed E-state index contributed by atoms with van der Waals surface area (Å²) in [5, 5.41) is 0. The highest BCUT2D eigenvalue weighted by molar-refractivity contribution is 8.23. The van der Waals surface area contributed by atoms with Gasteiger partial charge in [-0.3, -0.25) is 0 Å². The quantitative estimate of drug-likeness (QED) is 0.639. The molecule has 1 atom stereocenters. The Bertz CT molecular complexity index is 543. The standard InChI is InChI=1S/C18H20S2/c1-3-14(2)16-11-9-15(10-12-16)13-20-18(19)17-7-5-4-6-8-17/h4-12,14H,3,13H2,1-2H3. The van der Waals surface area contributed by atoms with Gasteiger partial charge in [-0.05, 0) is 29.0 Å². The third-order valence-corrected chi connectivity index (χ3v) is 5.11. The zero-order valence-electron chi connectivity index (χ0n) is 12.0. The van der Waals surface area contributed by atoms with Crippen molar-refractivity contribution in [2.24, 2.45) is 0 Å². The monoisotopic (exact) mass is 300 g/mol. The molecule has 1 unspecified atom stereocenters. The number of hydrogen-bond donors (Lipinski definition) is 0. The lowest BCUT2D eigenvalue weighted by atomic mass is 9.98. The summed E-state index contributed by atoms with van der Waals surface area (Å²) in [5.41, 5.74) is 3.90. The molecular weight excluding hydrogens is 280 g/mol. The van der Waals surface area contributed by atoms with Crippen LogP contribution in [0.4, 0.5) is 0 Å². The van der Waals surface area contributed by atoms with Crippen LogP contribution in [-0.2, 0) is 5.75 Å². The third kappa shape index (κ3) is 4.19. The lowest BCUT2D eigenvalue weighted by Crippen LogP contribution is -1.94. The summed E-state index contributed by atoms with van der Waals surface area (Å²) in [6, 6.07) is 19.2. The van der Waals surface area contributed by atoms with Crippen molar-refractivity contribution < 1.29 is 0 Å². The summed E-state index contributed by atoms with van der Waals surface area (Å²) in [4.78, 5) is 0. The van der Waals surface area contributed by atoms with E-state index in [0.29, 0.717) is 5.92 Å². The Labute approximate surface area is 131 Å². The lowest BCUT2D eigenvalue weighted by Gasteiger charge is -2.10. The summed E-state index contributed by atoms with van der Waals surface area (Å²) >= 11 is 7.20. The maximum atomic E-state index is 5.47. The van der Waals surface area contributed by atoms with E-state index in [9.17, 15) is 0 Å². The van der Waals surface area contributed by atoms with Crippen molar-refractivity contribution >= 4 is 28.2 Å². The van der Waals surface area contributed by atoms with Crippen molar-refractivity contribution in [1.82, 2.24) is 0 Å². The van der Waals surface area contributed by atoms with Crippen LogP contribution in [0.3, 0.4) is 0 Å². The molecule has 0 aliphatic rings. The Morgan fingerprint density at radius 1 is 1.05 bits per heavy atom. The Balaban J connectivity index is 1.93. The summed E-state index contributed by atoms with van der Waals surface area (Å²) in [6.45, 7) is 4.50. The molecule has 0 saturated carbocycles. The van der Waals surface area contributed by atoms with Gasteiger partial charge >= 0.3 is 0 Å². The summed E-state index contributed by atoms with van der Waals surface area (Å²) in [5.74, 6) is 1.58. The smallest absolute Gasteiger partial charge is 0.0781 e. The molecule has 20 heavy (non-hydrogen) atoms. The van der Waals surface area contributed by atoms with Crippen molar-refractivity contribution in [2.75, 3.05) is 0 Å². The van der Waals surface area contributed by atoms with Gasteiger partial charge in [0.2, 0.25) is 0 Å². The molecule has 0 aliphatic carbocycles. The maximum absolute atomic E-state index is 5.47. The van der Waals surface area contributed by atoms with E-state index in [0.717, 1.165) is 15.5 Å². The fourth-order valence-corrected chi connectivity index (χ4v) is 3.09. The molecule has 0 N–H and O–H groups in total. The highest BCUT2D eigenvalue weighted by atomic mass is 32.2. The van der Waals surface area contributed by atoms with Gasteiger partial charge in [-0.15, -0.1) is 11.8 Å². The Morgan fingerprint density at radius 3 is 2.30 bits per heavy atom. The van der Waals surface area contributed by atoms with Crippen LogP contribution >= 0.6 is 24.0 Å². The minimum atomic E-state index is 0.641. The molecular formula is C18H20S2. The van der Waals surface area contributed by atoms with E-state index in [1.165, 1.54) is 17.5 Å². The molecule has 0 heterocycles. The maximum Gasteiger partial charge on any atom is 0.0781 e. The molecule has 0 amide bonds. The topological polar surface area (TPSA) is 0 Å². The second-order valence-electron chi connectivity index (χ2n) is 4.99. The van der Waals surface area contributed by atoms with Gasteiger partial charge in [-0.1, -0.05) is 80.7 Å². The van der Waals surface area contributed by atoms with Crippen LogP contribution in [0.15, 0.2) is 54.6 Å². The molecule has 0 fully saturated rings. The van der Waals surface area contributed by atoms with E-state index in [-0.39, 0.29) is 0 Å². The minimum Gasteiger partial charge on any atom is -0.109 e. The van der Waals surface area contributed by atoms with Crippen LogP contribution in [0.25, 0.3) is 0 Å². The molecule has 2 heteroatoms. The van der Waals surface area contributed by atoms with Crippen LogP contribution in [0.5, 0.6) is 0 Å². The summed E-state index contributed by atoms with van der Waals surface area (Å²) in [6.07, 6.45) is 1.19. The average Bonchev–Trinajstić information content (AvgIpc) is 2.53. The Kier molecular flexibility index (Phi) is 5.81. The number of hydrogen-bond acceptors (Lipinski definition) is 2. The molecule has 2 aromatic rings. The van der Waals surface area contributed by atoms with Gasteiger partial charge in [-0.2, -0.15) is 0 Å². The van der Waals surface area contributed by atoms with E-state index < -0.39 is 0 Å². The van der Waals surface area contributed by atoms with E-state index in [1.54, 1.807) is 11.8 Å². The first-order valence-corrected chi connectivity index (χ1v) is 8.41. The molecule has 0 saturated heterocycles. The van der Waals surface area contributed by atoms with E-state index >= 15 is 0 Å². The number of thiocarbonyl (C=S) groups is 1. The lowest BCUT2D eigenvalue weighted by molar-refractivity contribution is 0.733. The zero-order valence-corrected chi connectivity index (χ0v) is 13.6. The molecule has 104 valence electrons. The summed E-state index contributed by atoms with van der Waals surface area (Å²) < 4.78 is 0.969. The van der Waals surface area contributed by atoms with Crippen LogP contribution in [0, 0.1) is 0 Å². The normalized spacial score (nSPS) is 12.1. The second kappa shape index (κ2) is 7.61. The fraction of sp³-hybridized carbons (Fsp3) is 0.278. The second-order valence-corrected chi connectivity index (χ2v) is 6.65. The van der Waals surface area contributed by atoms with Crippen molar-refractivity contribution in [3.8, 4) is 0 Å². The van der Waals surface area contributed by atoms with Crippen LogP contribution < -0.4 is 0 Å². The predicted octanol–water partition coefficient (Wildman–Crippen LogP) is 5.81. The van der Waals surface area contributed by atoms with Crippen LogP contribution in [-0.4, -0.2) is 4.20 Å². The average molecular weight is 300 g/mol. The van der Waals surface area contributed by atoms with Crippen LogP contribution in [0.2, 0.25) is 0 Å². The fourth-order valence-electron chi connectivity index (χ4n) is 1.98. The predicted molar refractivity (Wildman–Crippen MR) is 94.6 cm³/mol. The molecule has 0 aliphatic heterocycles. The van der Waals surface area contributed by atoms with Gasteiger partial charge in [0.1, 0.15) is 0 Å².